The van der Waals surface area contributed by atoms with Crippen molar-refractivity contribution in [3.8, 4) is 0 Å². The minimum absolute atomic E-state index is 0.0678. The predicted octanol–water partition coefficient (Wildman–Crippen LogP) is 17.8. The molecule has 0 aliphatic rings. The lowest BCUT2D eigenvalue weighted by Crippen LogP contribution is -2.30. The second kappa shape index (κ2) is 50.8. The second-order valence-electron chi connectivity index (χ2n) is 18.5. The molecule has 61 heavy (non-hydrogen) atoms. The molecule has 6 nitrogen and oxygen atoms in total. The van der Waals surface area contributed by atoms with Gasteiger partial charge >= 0.3 is 17.9 Å². The molecule has 0 aliphatic carbocycles. The van der Waals surface area contributed by atoms with E-state index in [9.17, 15) is 14.4 Å². The summed E-state index contributed by atoms with van der Waals surface area (Å²) >= 11 is 0. The van der Waals surface area contributed by atoms with Crippen molar-refractivity contribution >= 4 is 17.9 Å². The average molecular weight is 861 g/mol. The van der Waals surface area contributed by atoms with E-state index in [1.54, 1.807) is 0 Å². The highest BCUT2D eigenvalue weighted by molar-refractivity contribution is 5.71. The number of carbonyl (C=O) groups excluding carboxylic acids is 3. The van der Waals surface area contributed by atoms with Gasteiger partial charge in [0.25, 0.3) is 0 Å². The number of hydrogen-bond donors (Lipinski definition) is 0. The van der Waals surface area contributed by atoms with E-state index in [1.165, 1.54) is 199 Å². The zero-order chi connectivity index (χ0) is 44.4. The van der Waals surface area contributed by atoms with Crippen LogP contribution in [0.4, 0.5) is 0 Å². The first-order chi connectivity index (χ1) is 30.0. The van der Waals surface area contributed by atoms with Crippen LogP contribution in [0.15, 0.2) is 12.2 Å². The van der Waals surface area contributed by atoms with Crippen molar-refractivity contribution in [2.45, 2.75) is 309 Å². The van der Waals surface area contributed by atoms with Crippen LogP contribution in [0.5, 0.6) is 0 Å². The van der Waals surface area contributed by atoms with Crippen LogP contribution < -0.4 is 0 Å². The highest BCUT2D eigenvalue weighted by atomic mass is 16.6. The first kappa shape index (κ1) is 59.1. The molecule has 0 N–H and O–H groups in total. The van der Waals surface area contributed by atoms with Gasteiger partial charge in [-0.25, -0.2) is 0 Å². The largest absolute Gasteiger partial charge is 0.462 e. The third-order valence-electron chi connectivity index (χ3n) is 12.3. The molecule has 0 amide bonds. The number of rotatable bonds is 50. The molecule has 1 unspecified atom stereocenters. The van der Waals surface area contributed by atoms with E-state index in [4.69, 9.17) is 14.2 Å². The number of unbranched alkanes of at least 4 members (excludes halogenated alkanes) is 37. The molecule has 0 aliphatic heterocycles. The predicted molar refractivity (Wildman–Crippen MR) is 261 cm³/mol. The summed E-state index contributed by atoms with van der Waals surface area (Å²) in [6, 6.07) is 0. The van der Waals surface area contributed by atoms with Crippen molar-refractivity contribution in [3.05, 3.63) is 12.2 Å². The third kappa shape index (κ3) is 49.0. The highest BCUT2D eigenvalue weighted by Gasteiger charge is 2.19. The molecule has 0 aromatic carbocycles. The Bertz CT molecular complexity index is 947. The summed E-state index contributed by atoms with van der Waals surface area (Å²) < 4.78 is 16.8. The van der Waals surface area contributed by atoms with Gasteiger partial charge in [-0.2, -0.15) is 0 Å². The Kier molecular flexibility index (Phi) is 49.3. The van der Waals surface area contributed by atoms with Gasteiger partial charge in [0.15, 0.2) is 6.10 Å². The Labute approximate surface area is 380 Å². The zero-order valence-electron chi connectivity index (χ0n) is 41.2. The van der Waals surface area contributed by atoms with Crippen LogP contribution >= 0.6 is 0 Å². The van der Waals surface area contributed by atoms with Crippen LogP contribution in [-0.4, -0.2) is 37.2 Å². The first-order valence-corrected chi connectivity index (χ1v) is 27.2. The number of hydrogen-bond acceptors (Lipinski definition) is 6. The molecule has 0 saturated heterocycles. The Hall–Kier alpha value is -1.85. The van der Waals surface area contributed by atoms with E-state index in [1.807, 2.05) is 0 Å². The third-order valence-corrected chi connectivity index (χ3v) is 12.3. The van der Waals surface area contributed by atoms with Crippen LogP contribution in [0.1, 0.15) is 303 Å². The molecule has 0 aromatic heterocycles. The van der Waals surface area contributed by atoms with E-state index in [0.29, 0.717) is 19.3 Å². The average Bonchev–Trinajstić information content (AvgIpc) is 3.26. The monoisotopic (exact) mass is 861 g/mol. The summed E-state index contributed by atoms with van der Waals surface area (Å²) in [7, 11) is 0. The molecule has 1 atom stereocenters. The van der Waals surface area contributed by atoms with E-state index in [-0.39, 0.29) is 31.1 Å². The molecular formula is C55H104O6. The summed E-state index contributed by atoms with van der Waals surface area (Å²) in [6.45, 7) is 6.66. The van der Waals surface area contributed by atoms with Crippen molar-refractivity contribution in [1.82, 2.24) is 0 Å². The number of carbonyl (C=O) groups is 3. The molecule has 0 aromatic rings. The second-order valence-corrected chi connectivity index (χ2v) is 18.5. The van der Waals surface area contributed by atoms with E-state index in [0.717, 1.165) is 64.2 Å². The first-order valence-electron chi connectivity index (χ1n) is 27.2. The minimum Gasteiger partial charge on any atom is -0.462 e. The molecule has 0 radical (unpaired) electrons. The maximum atomic E-state index is 12.8. The van der Waals surface area contributed by atoms with Gasteiger partial charge in [-0.15, -0.1) is 0 Å². The molecule has 0 rings (SSSR count). The lowest BCUT2D eigenvalue weighted by atomic mass is 10.0. The Morgan fingerprint density at radius 3 is 0.820 bits per heavy atom. The molecule has 0 spiro atoms. The van der Waals surface area contributed by atoms with E-state index in [2.05, 4.69) is 32.9 Å². The van der Waals surface area contributed by atoms with Crippen LogP contribution in [0.25, 0.3) is 0 Å². The molecule has 0 fully saturated rings. The van der Waals surface area contributed by atoms with Gasteiger partial charge in [0.05, 0.1) is 0 Å². The van der Waals surface area contributed by atoms with E-state index < -0.39 is 6.10 Å². The normalized spacial score (nSPS) is 12.0. The number of allylic oxidation sites excluding steroid dienone is 2. The zero-order valence-corrected chi connectivity index (χ0v) is 41.2. The van der Waals surface area contributed by atoms with Crippen molar-refractivity contribution in [2.75, 3.05) is 13.2 Å². The molecule has 0 heterocycles. The summed E-state index contributed by atoms with van der Waals surface area (Å²) in [4.78, 5) is 38.0. The van der Waals surface area contributed by atoms with Gasteiger partial charge in [-0.3, -0.25) is 14.4 Å². The van der Waals surface area contributed by atoms with Gasteiger partial charge in [0.1, 0.15) is 13.2 Å². The summed E-state index contributed by atoms with van der Waals surface area (Å²) in [5, 5.41) is 0. The van der Waals surface area contributed by atoms with Gasteiger partial charge in [0.2, 0.25) is 0 Å². The van der Waals surface area contributed by atoms with E-state index >= 15 is 0 Å². The van der Waals surface area contributed by atoms with Gasteiger partial charge in [0, 0.05) is 19.3 Å². The highest BCUT2D eigenvalue weighted by Crippen LogP contribution is 2.17. The standard InChI is InChI=1S/C55H104O6/c1-4-7-10-13-16-19-22-25-27-28-29-31-33-36-39-42-45-48-54(57)60-51-52(50-59-53(56)47-44-41-38-35-32-24-21-18-15-12-9-6-3)61-55(58)49-46-43-40-37-34-30-26-23-20-17-14-11-8-5-2/h23,26,52H,4-22,24-25,27-51H2,1-3H3/b26-23-. The van der Waals surface area contributed by atoms with Crippen LogP contribution in [0.2, 0.25) is 0 Å². The fourth-order valence-corrected chi connectivity index (χ4v) is 8.14. The lowest BCUT2D eigenvalue weighted by Gasteiger charge is -2.18. The fraction of sp³-hybridized carbons (Fsp3) is 0.909. The molecular weight excluding hydrogens is 757 g/mol. The Morgan fingerprint density at radius 2 is 0.541 bits per heavy atom. The Balaban J connectivity index is 4.31. The number of esters is 3. The molecule has 0 saturated carbocycles. The summed E-state index contributed by atoms with van der Waals surface area (Å²) in [6.07, 6.45) is 56.2. The van der Waals surface area contributed by atoms with Crippen molar-refractivity contribution in [3.63, 3.8) is 0 Å². The van der Waals surface area contributed by atoms with Gasteiger partial charge in [-0.1, -0.05) is 251 Å². The van der Waals surface area contributed by atoms with Crippen molar-refractivity contribution < 1.29 is 28.6 Å². The molecule has 6 heteroatoms. The van der Waals surface area contributed by atoms with Crippen LogP contribution in [-0.2, 0) is 28.6 Å². The van der Waals surface area contributed by atoms with Crippen molar-refractivity contribution in [2.24, 2.45) is 0 Å². The molecule has 0 bridgehead atoms. The maximum absolute atomic E-state index is 12.8. The smallest absolute Gasteiger partial charge is 0.306 e. The van der Waals surface area contributed by atoms with Crippen LogP contribution in [0.3, 0.4) is 0 Å². The SMILES string of the molecule is CCCCCCC/C=C\CCCCCCCC(=O)OC(COC(=O)CCCCCCCCCCCCCC)COC(=O)CCCCCCCCCCCCCCCCCCC. The maximum Gasteiger partial charge on any atom is 0.306 e. The lowest BCUT2D eigenvalue weighted by molar-refractivity contribution is -0.167. The van der Waals surface area contributed by atoms with Gasteiger partial charge in [-0.05, 0) is 44.9 Å². The number of ether oxygens (including phenoxy) is 3. The summed E-state index contributed by atoms with van der Waals surface area (Å²) in [5.74, 6) is -0.857. The fourth-order valence-electron chi connectivity index (χ4n) is 8.14. The summed E-state index contributed by atoms with van der Waals surface area (Å²) in [5.41, 5.74) is 0. The van der Waals surface area contributed by atoms with Crippen molar-refractivity contribution in [1.29, 1.82) is 0 Å². The van der Waals surface area contributed by atoms with Gasteiger partial charge < -0.3 is 14.2 Å². The molecule has 360 valence electrons. The quantitative estimate of drug-likeness (QED) is 0.0262. The Morgan fingerprint density at radius 1 is 0.311 bits per heavy atom. The van der Waals surface area contributed by atoms with Crippen LogP contribution in [0, 0.1) is 0 Å². The topological polar surface area (TPSA) is 78.9 Å². The minimum atomic E-state index is -0.767.